The summed E-state index contributed by atoms with van der Waals surface area (Å²) in [5.41, 5.74) is 2.22. The Bertz CT molecular complexity index is 538. The van der Waals surface area contributed by atoms with Crippen LogP contribution < -0.4 is 0 Å². The first kappa shape index (κ1) is 16.5. The normalized spacial score (nSPS) is 18.3. The fraction of sp³-hybridized carbons (Fsp3) is 0.556. The number of hydrogen-bond donors (Lipinski definition) is 2. The summed E-state index contributed by atoms with van der Waals surface area (Å²) < 4.78 is 0. The van der Waals surface area contributed by atoms with Crippen molar-refractivity contribution in [2.24, 2.45) is 5.41 Å². The standard InChI is InChI=1S/C10H10O4.C8H14/c1-5-6(2)8(10(13)14)4-3-7(5)9(11)12;1-2-4-8(5-3-1)6-7-8/h3-4H,1-2H3,(H,11,12)(H,13,14);1-7H2. The zero-order chi connectivity index (χ0) is 16.3. The van der Waals surface area contributed by atoms with Gasteiger partial charge in [0, 0.05) is 0 Å². The molecule has 22 heavy (non-hydrogen) atoms. The van der Waals surface area contributed by atoms with Gasteiger partial charge in [0.05, 0.1) is 11.1 Å². The van der Waals surface area contributed by atoms with Crippen LogP contribution in [0.5, 0.6) is 0 Å². The first-order valence-electron chi connectivity index (χ1n) is 7.93. The molecule has 0 aromatic heterocycles. The topological polar surface area (TPSA) is 74.6 Å². The van der Waals surface area contributed by atoms with Crippen LogP contribution in [0.3, 0.4) is 0 Å². The predicted molar refractivity (Wildman–Crippen MR) is 84.6 cm³/mol. The molecule has 0 amide bonds. The average molecular weight is 304 g/mol. The van der Waals surface area contributed by atoms with Gasteiger partial charge in [-0.2, -0.15) is 0 Å². The van der Waals surface area contributed by atoms with Crippen LogP contribution in [-0.2, 0) is 0 Å². The van der Waals surface area contributed by atoms with Crippen LogP contribution in [0, 0.1) is 19.3 Å². The molecule has 0 heterocycles. The van der Waals surface area contributed by atoms with E-state index in [1.54, 1.807) is 39.5 Å². The summed E-state index contributed by atoms with van der Waals surface area (Å²) in [6, 6.07) is 2.63. The van der Waals surface area contributed by atoms with E-state index in [1.165, 1.54) is 31.4 Å². The van der Waals surface area contributed by atoms with E-state index in [4.69, 9.17) is 10.2 Å². The molecular formula is C18H24O4. The van der Waals surface area contributed by atoms with Gasteiger partial charge in [-0.3, -0.25) is 0 Å². The molecule has 2 saturated carbocycles. The summed E-state index contributed by atoms with van der Waals surface area (Å²) in [5.74, 6) is -2.08. The van der Waals surface area contributed by atoms with Gasteiger partial charge in [-0.15, -0.1) is 0 Å². The minimum Gasteiger partial charge on any atom is -0.478 e. The van der Waals surface area contributed by atoms with Gasteiger partial charge in [-0.05, 0) is 68.2 Å². The summed E-state index contributed by atoms with van der Waals surface area (Å²) in [5, 5.41) is 17.5. The number of carbonyl (C=O) groups is 2. The number of hydrogen-bond acceptors (Lipinski definition) is 2. The predicted octanol–water partition coefficient (Wildman–Crippen LogP) is 4.43. The van der Waals surface area contributed by atoms with Crippen LogP contribution in [-0.4, -0.2) is 22.2 Å². The van der Waals surface area contributed by atoms with E-state index in [9.17, 15) is 9.59 Å². The maximum Gasteiger partial charge on any atom is 0.335 e. The van der Waals surface area contributed by atoms with E-state index < -0.39 is 11.9 Å². The summed E-state index contributed by atoms with van der Waals surface area (Å²) in [6.45, 7) is 3.20. The van der Waals surface area contributed by atoms with E-state index in [1.807, 2.05) is 0 Å². The second-order valence-electron chi connectivity index (χ2n) is 6.58. The molecule has 120 valence electrons. The van der Waals surface area contributed by atoms with E-state index in [-0.39, 0.29) is 11.1 Å². The Balaban J connectivity index is 0.000000183. The van der Waals surface area contributed by atoms with Gasteiger partial charge in [0.25, 0.3) is 0 Å². The fourth-order valence-electron chi connectivity index (χ4n) is 3.26. The minimum atomic E-state index is -1.04. The van der Waals surface area contributed by atoms with Crippen molar-refractivity contribution in [2.45, 2.75) is 58.8 Å². The highest BCUT2D eigenvalue weighted by Crippen LogP contribution is 2.55. The van der Waals surface area contributed by atoms with Crippen LogP contribution in [0.4, 0.5) is 0 Å². The Morgan fingerprint density at radius 3 is 1.50 bits per heavy atom. The smallest absolute Gasteiger partial charge is 0.335 e. The highest BCUT2D eigenvalue weighted by molar-refractivity contribution is 5.94. The monoisotopic (exact) mass is 304 g/mol. The van der Waals surface area contributed by atoms with Gasteiger partial charge in [0.2, 0.25) is 0 Å². The lowest BCUT2D eigenvalue weighted by atomic mass is 9.87. The second-order valence-corrected chi connectivity index (χ2v) is 6.58. The average Bonchev–Trinajstić information content (AvgIpc) is 3.21. The van der Waals surface area contributed by atoms with Crippen molar-refractivity contribution in [2.75, 3.05) is 0 Å². The summed E-state index contributed by atoms with van der Waals surface area (Å²) in [4.78, 5) is 21.4. The highest BCUT2D eigenvalue weighted by Gasteiger charge is 2.42. The molecule has 0 atom stereocenters. The number of carboxylic acid groups (broad SMARTS) is 2. The van der Waals surface area contributed by atoms with E-state index in [0.717, 1.165) is 5.41 Å². The van der Waals surface area contributed by atoms with Crippen LogP contribution >= 0.6 is 0 Å². The Labute approximate surface area is 131 Å². The summed E-state index contributed by atoms with van der Waals surface area (Å²) >= 11 is 0. The zero-order valence-corrected chi connectivity index (χ0v) is 13.3. The molecule has 2 aliphatic carbocycles. The third-order valence-corrected chi connectivity index (χ3v) is 5.12. The first-order chi connectivity index (χ1) is 10.4. The fourth-order valence-corrected chi connectivity index (χ4v) is 3.26. The van der Waals surface area contributed by atoms with Crippen molar-refractivity contribution in [3.8, 4) is 0 Å². The van der Waals surface area contributed by atoms with Gasteiger partial charge >= 0.3 is 11.9 Å². The molecule has 2 N–H and O–H groups in total. The van der Waals surface area contributed by atoms with E-state index >= 15 is 0 Å². The van der Waals surface area contributed by atoms with Crippen molar-refractivity contribution in [3.05, 3.63) is 34.4 Å². The van der Waals surface area contributed by atoms with Crippen molar-refractivity contribution in [1.82, 2.24) is 0 Å². The third-order valence-electron chi connectivity index (χ3n) is 5.12. The van der Waals surface area contributed by atoms with Crippen LogP contribution in [0.25, 0.3) is 0 Å². The Morgan fingerprint density at radius 1 is 0.818 bits per heavy atom. The SMILES string of the molecule is C1CCC2(CC1)CC2.Cc1c(C(=O)O)ccc(C(=O)O)c1C. The van der Waals surface area contributed by atoms with Crippen LogP contribution in [0.1, 0.15) is 76.8 Å². The molecule has 4 nitrogen and oxygen atoms in total. The molecular weight excluding hydrogens is 280 g/mol. The molecule has 2 fully saturated rings. The lowest BCUT2D eigenvalue weighted by Gasteiger charge is -2.19. The number of rotatable bonds is 2. The molecule has 0 unspecified atom stereocenters. The molecule has 1 aromatic carbocycles. The Morgan fingerprint density at radius 2 is 1.23 bits per heavy atom. The first-order valence-corrected chi connectivity index (χ1v) is 7.93. The largest absolute Gasteiger partial charge is 0.478 e. The molecule has 0 saturated heterocycles. The van der Waals surface area contributed by atoms with Gasteiger partial charge in [-0.1, -0.05) is 19.3 Å². The number of carboxylic acids is 2. The second kappa shape index (κ2) is 6.51. The lowest BCUT2D eigenvalue weighted by Crippen LogP contribution is -2.06. The van der Waals surface area contributed by atoms with Gasteiger partial charge in [0.15, 0.2) is 0 Å². The van der Waals surface area contributed by atoms with Crippen molar-refractivity contribution in [3.63, 3.8) is 0 Å². The van der Waals surface area contributed by atoms with E-state index in [2.05, 4.69) is 0 Å². The summed E-state index contributed by atoms with van der Waals surface area (Å²) in [7, 11) is 0. The Hall–Kier alpha value is -1.84. The quantitative estimate of drug-likeness (QED) is 0.847. The highest BCUT2D eigenvalue weighted by atomic mass is 16.4. The number of aromatic carboxylic acids is 2. The van der Waals surface area contributed by atoms with Gasteiger partial charge in [0.1, 0.15) is 0 Å². The molecule has 0 bridgehead atoms. The third kappa shape index (κ3) is 3.67. The Kier molecular flexibility index (Phi) is 4.89. The van der Waals surface area contributed by atoms with Crippen molar-refractivity contribution < 1.29 is 19.8 Å². The molecule has 1 aromatic rings. The van der Waals surface area contributed by atoms with Gasteiger partial charge in [-0.25, -0.2) is 9.59 Å². The van der Waals surface area contributed by atoms with Gasteiger partial charge < -0.3 is 10.2 Å². The number of benzene rings is 1. The molecule has 4 heteroatoms. The van der Waals surface area contributed by atoms with Crippen molar-refractivity contribution in [1.29, 1.82) is 0 Å². The van der Waals surface area contributed by atoms with E-state index in [0.29, 0.717) is 11.1 Å². The molecule has 1 spiro atoms. The molecule has 0 aliphatic heterocycles. The van der Waals surface area contributed by atoms with Crippen molar-refractivity contribution >= 4 is 11.9 Å². The van der Waals surface area contributed by atoms with Crippen LogP contribution in [0.2, 0.25) is 0 Å². The summed E-state index contributed by atoms with van der Waals surface area (Å²) in [6.07, 6.45) is 10.8. The maximum atomic E-state index is 10.7. The minimum absolute atomic E-state index is 0.146. The molecule has 2 aliphatic rings. The lowest BCUT2D eigenvalue weighted by molar-refractivity contribution is 0.0679. The maximum absolute atomic E-state index is 10.7. The zero-order valence-electron chi connectivity index (χ0n) is 13.3. The molecule has 3 rings (SSSR count). The molecule has 0 radical (unpaired) electrons. The van der Waals surface area contributed by atoms with Crippen LogP contribution in [0.15, 0.2) is 12.1 Å².